The summed E-state index contributed by atoms with van der Waals surface area (Å²) in [5.74, 6) is -2.04. The molecule has 0 fully saturated rings. The summed E-state index contributed by atoms with van der Waals surface area (Å²) in [5, 5.41) is 10.4. The molecule has 0 aliphatic rings. The molecular weight excluding hydrogens is 604 g/mol. The molecule has 47 heavy (non-hydrogen) atoms. The Morgan fingerprint density at radius 2 is 1.28 bits per heavy atom. The number of carbonyl (C=O) groups is 5. The van der Waals surface area contributed by atoms with E-state index in [1.165, 1.54) is 0 Å². The summed E-state index contributed by atoms with van der Waals surface area (Å²) in [6.45, 7) is 4.22. The molecule has 4 amide bonds. The Balaban J connectivity index is 1.47. The van der Waals surface area contributed by atoms with Crippen molar-refractivity contribution in [3.8, 4) is 0 Å². The van der Waals surface area contributed by atoms with Crippen LogP contribution in [0, 0.1) is 0 Å². The van der Waals surface area contributed by atoms with Gasteiger partial charge in [0.1, 0.15) is 24.8 Å². The first kappa shape index (κ1) is 36.1. The summed E-state index contributed by atoms with van der Waals surface area (Å²) in [7, 11) is 0. The molecule has 3 rings (SSSR count). The number of ether oxygens (including phenoxy) is 3. The first-order valence-corrected chi connectivity index (χ1v) is 15.3. The summed E-state index contributed by atoms with van der Waals surface area (Å²) in [6.07, 6.45) is -1.04. The largest absolute Gasteiger partial charge is 0.454 e. The van der Waals surface area contributed by atoms with Crippen molar-refractivity contribution in [3.63, 3.8) is 0 Å². The van der Waals surface area contributed by atoms with Crippen LogP contribution in [0.25, 0.3) is 0 Å². The van der Waals surface area contributed by atoms with Gasteiger partial charge in [0, 0.05) is 6.54 Å². The molecule has 3 aromatic carbocycles. The van der Waals surface area contributed by atoms with Crippen LogP contribution in [0.1, 0.15) is 56.3 Å². The number of hydrogen-bond donors (Lipinski definition) is 4. The Morgan fingerprint density at radius 3 is 1.85 bits per heavy atom. The van der Waals surface area contributed by atoms with Crippen LogP contribution in [0.4, 0.5) is 9.59 Å². The van der Waals surface area contributed by atoms with E-state index in [-0.39, 0.29) is 19.6 Å². The van der Waals surface area contributed by atoms with Crippen molar-refractivity contribution in [1.29, 1.82) is 0 Å². The number of nitrogens with one attached hydrogen (secondary N) is 4. The predicted molar refractivity (Wildman–Crippen MR) is 174 cm³/mol. The van der Waals surface area contributed by atoms with Gasteiger partial charge in [-0.25, -0.2) is 9.59 Å². The lowest BCUT2D eigenvalue weighted by molar-refractivity contribution is -0.148. The number of benzene rings is 3. The monoisotopic (exact) mass is 646 g/mol. The van der Waals surface area contributed by atoms with Gasteiger partial charge in [-0.1, -0.05) is 91.0 Å². The SMILES string of the molecule is CC(C)(C)OC(=O)N[C@@H](CCCNC(=O)OCc1ccccc1)C(=O)NCC(=O)OCC(=O)NC(c1ccccc1)c1ccccc1. The van der Waals surface area contributed by atoms with Gasteiger partial charge in [-0.05, 0) is 50.3 Å². The summed E-state index contributed by atoms with van der Waals surface area (Å²) in [5.41, 5.74) is 1.74. The van der Waals surface area contributed by atoms with E-state index in [1.807, 2.05) is 91.0 Å². The zero-order valence-corrected chi connectivity index (χ0v) is 26.8. The standard InChI is InChI=1S/C35H42N4O8/c1-35(2,3)47-34(44)38-28(20-13-21-36-33(43)46-23-25-14-7-4-8-15-25)32(42)37-22-30(41)45-24-29(40)39-31(26-16-9-5-10-17-26)27-18-11-6-12-19-27/h4-12,14-19,28,31H,13,20-24H2,1-3H3,(H,36,43)(H,37,42)(H,38,44)(H,39,40)/t28-/m0/s1. The van der Waals surface area contributed by atoms with E-state index in [0.717, 1.165) is 16.7 Å². The molecule has 0 saturated carbocycles. The molecule has 12 heteroatoms. The number of alkyl carbamates (subject to hydrolysis) is 2. The highest BCUT2D eigenvalue weighted by Crippen LogP contribution is 2.21. The molecule has 0 heterocycles. The van der Waals surface area contributed by atoms with Crippen LogP contribution >= 0.6 is 0 Å². The Hall–Kier alpha value is -5.39. The quantitative estimate of drug-likeness (QED) is 0.109. The molecular formula is C35H42N4O8. The zero-order chi connectivity index (χ0) is 34.1. The van der Waals surface area contributed by atoms with E-state index in [9.17, 15) is 24.0 Å². The number of hydrogen-bond acceptors (Lipinski definition) is 8. The van der Waals surface area contributed by atoms with Gasteiger partial charge in [0.25, 0.3) is 5.91 Å². The fraction of sp³-hybridized carbons (Fsp3) is 0.343. The molecule has 0 radical (unpaired) electrons. The van der Waals surface area contributed by atoms with E-state index < -0.39 is 60.8 Å². The fourth-order valence-corrected chi connectivity index (χ4v) is 4.32. The molecule has 0 saturated heterocycles. The molecule has 12 nitrogen and oxygen atoms in total. The van der Waals surface area contributed by atoms with E-state index >= 15 is 0 Å². The molecule has 4 N–H and O–H groups in total. The second kappa shape index (κ2) is 18.5. The van der Waals surface area contributed by atoms with Crippen LogP contribution in [0.3, 0.4) is 0 Å². The van der Waals surface area contributed by atoms with E-state index in [1.54, 1.807) is 20.8 Å². The van der Waals surface area contributed by atoms with Crippen molar-refractivity contribution in [2.75, 3.05) is 19.7 Å². The lowest BCUT2D eigenvalue weighted by Gasteiger charge is -2.23. The Bertz CT molecular complexity index is 1410. The van der Waals surface area contributed by atoms with Crippen molar-refractivity contribution >= 4 is 30.0 Å². The number of amides is 4. The second-order valence-electron chi connectivity index (χ2n) is 11.5. The van der Waals surface area contributed by atoms with Crippen molar-refractivity contribution in [2.45, 2.75) is 57.9 Å². The Labute approximate surface area is 274 Å². The first-order chi connectivity index (χ1) is 22.5. The van der Waals surface area contributed by atoms with Crippen LogP contribution in [-0.4, -0.2) is 61.3 Å². The summed E-state index contributed by atoms with van der Waals surface area (Å²) in [4.78, 5) is 62.5. The van der Waals surface area contributed by atoms with Crippen molar-refractivity contribution in [2.24, 2.45) is 0 Å². The minimum Gasteiger partial charge on any atom is -0.454 e. The Kier molecular flexibility index (Phi) is 14.2. The van der Waals surface area contributed by atoms with Crippen LogP contribution < -0.4 is 21.3 Å². The van der Waals surface area contributed by atoms with E-state index in [0.29, 0.717) is 6.42 Å². The van der Waals surface area contributed by atoms with Gasteiger partial charge in [-0.3, -0.25) is 14.4 Å². The molecule has 0 aliphatic carbocycles. The molecule has 0 bridgehead atoms. The zero-order valence-electron chi connectivity index (χ0n) is 26.8. The summed E-state index contributed by atoms with van der Waals surface area (Å²) >= 11 is 0. The van der Waals surface area contributed by atoms with Crippen LogP contribution in [0.5, 0.6) is 0 Å². The van der Waals surface area contributed by atoms with Gasteiger partial charge >= 0.3 is 18.2 Å². The normalized spacial score (nSPS) is 11.5. The molecule has 0 aromatic heterocycles. The lowest BCUT2D eigenvalue weighted by Crippen LogP contribution is -2.49. The fourth-order valence-electron chi connectivity index (χ4n) is 4.32. The summed E-state index contributed by atoms with van der Waals surface area (Å²) < 4.78 is 15.5. The highest BCUT2D eigenvalue weighted by molar-refractivity contribution is 5.89. The maximum Gasteiger partial charge on any atom is 0.408 e. The highest BCUT2D eigenvalue weighted by Gasteiger charge is 2.25. The Morgan fingerprint density at radius 1 is 0.702 bits per heavy atom. The van der Waals surface area contributed by atoms with Gasteiger partial charge in [0.05, 0.1) is 6.04 Å². The van der Waals surface area contributed by atoms with Crippen molar-refractivity contribution in [1.82, 2.24) is 21.3 Å². The smallest absolute Gasteiger partial charge is 0.408 e. The highest BCUT2D eigenvalue weighted by atomic mass is 16.6. The molecule has 0 unspecified atom stereocenters. The molecule has 0 aliphatic heterocycles. The lowest BCUT2D eigenvalue weighted by atomic mass is 9.99. The number of carbonyl (C=O) groups excluding carboxylic acids is 5. The third kappa shape index (κ3) is 14.1. The van der Waals surface area contributed by atoms with Gasteiger partial charge in [-0.15, -0.1) is 0 Å². The van der Waals surface area contributed by atoms with Crippen molar-refractivity contribution < 1.29 is 38.2 Å². The van der Waals surface area contributed by atoms with Crippen LogP contribution in [0.2, 0.25) is 0 Å². The molecule has 0 spiro atoms. The van der Waals surface area contributed by atoms with Gasteiger partial charge in [0.2, 0.25) is 5.91 Å². The first-order valence-electron chi connectivity index (χ1n) is 15.3. The molecule has 250 valence electrons. The summed E-state index contributed by atoms with van der Waals surface area (Å²) in [6, 6.07) is 26.4. The second-order valence-corrected chi connectivity index (χ2v) is 11.5. The number of rotatable bonds is 15. The average Bonchev–Trinajstić information content (AvgIpc) is 3.06. The third-order valence-electron chi connectivity index (χ3n) is 6.50. The minimum absolute atomic E-state index is 0.107. The topological polar surface area (TPSA) is 161 Å². The van der Waals surface area contributed by atoms with Crippen LogP contribution in [-0.2, 0) is 35.2 Å². The average molecular weight is 647 g/mol. The van der Waals surface area contributed by atoms with Crippen molar-refractivity contribution in [3.05, 3.63) is 108 Å². The predicted octanol–water partition coefficient (Wildman–Crippen LogP) is 4.15. The third-order valence-corrected chi connectivity index (χ3v) is 6.50. The van der Waals surface area contributed by atoms with E-state index in [2.05, 4.69) is 21.3 Å². The van der Waals surface area contributed by atoms with Gasteiger partial charge < -0.3 is 35.5 Å². The maximum absolute atomic E-state index is 13.0. The number of esters is 1. The molecule has 1 atom stereocenters. The van der Waals surface area contributed by atoms with Crippen LogP contribution in [0.15, 0.2) is 91.0 Å². The van der Waals surface area contributed by atoms with Gasteiger partial charge in [0.15, 0.2) is 6.61 Å². The molecule has 3 aromatic rings. The minimum atomic E-state index is -1.08. The van der Waals surface area contributed by atoms with Gasteiger partial charge in [-0.2, -0.15) is 0 Å². The maximum atomic E-state index is 13.0. The van der Waals surface area contributed by atoms with E-state index in [4.69, 9.17) is 14.2 Å².